The van der Waals surface area contributed by atoms with Crippen molar-refractivity contribution in [1.29, 1.82) is 0 Å². The van der Waals surface area contributed by atoms with Crippen LogP contribution in [0.4, 0.5) is 60.9 Å². The zero-order chi connectivity index (χ0) is 39.0. The van der Waals surface area contributed by atoms with Crippen molar-refractivity contribution in [3.8, 4) is 5.75 Å². The molecule has 2 aliphatic heterocycles. The molecule has 292 valence electrons. The number of piperidine rings is 1. The van der Waals surface area contributed by atoms with Crippen molar-refractivity contribution in [3.05, 3.63) is 53.4 Å². The van der Waals surface area contributed by atoms with Gasteiger partial charge in [-0.25, -0.2) is 4.98 Å². The molecule has 2 N–H and O–H groups in total. The maximum atomic E-state index is 13.8. The Balaban J connectivity index is 1.30. The summed E-state index contributed by atoms with van der Waals surface area (Å²) in [5.41, 5.74) is -5.23. The smallest absolute Gasteiger partial charge is 0.403 e. The van der Waals surface area contributed by atoms with Gasteiger partial charge in [0.2, 0.25) is 5.95 Å². The van der Waals surface area contributed by atoms with Crippen LogP contribution < -0.4 is 24.6 Å². The maximum absolute atomic E-state index is 13.8. The van der Waals surface area contributed by atoms with Crippen LogP contribution in [-0.2, 0) is 16.4 Å². The lowest BCUT2D eigenvalue weighted by molar-refractivity contribution is -0.274. The maximum Gasteiger partial charge on any atom is 0.573 e. The lowest BCUT2D eigenvalue weighted by atomic mass is 9.99. The summed E-state index contributed by atoms with van der Waals surface area (Å²) in [5.74, 6) is -1.00. The molecule has 54 heavy (non-hydrogen) atoms. The molecule has 2 fully saturated rings. The number of halogens is 7. The third kappa shape index (κ3) is 8.45. The van der Waals surface area contributed by atoms with Crippen LogP contribution in [0, 0.1) is 0 Å². The summed E-state index contributed by atoms with van der Waals surface area (Å²) < 4.78 is 112. The second kappa shape index (κ2) is 15.4. The molecule has 13 nitrogen and oxygen atoms in total. The molecule has 0 atom stereocenters. The quantitative estimate of drug-likeness (QED) is 0.169. The predicted molar refractivity (Wildman–Crippen MR) is 193 cm³/mol. The molecule has 4 aromatic rings. The topological polar surface area (TPSA) is 132 Å². The number of sulfonamides is 1. The molecular weight excluding hydrogens is 766 g/mol. The number of hydrogen-bond donors (Lipinski definition) is 2. The van der Waals surface area contributed by atoms with Gasteiger partial charge in [-0.2, -0.15) is 26.6 Å². The Labute approximate surface area is 312 Å². The fraction of sp³-hybridized carbons (Fsp3) is 0.455. The zero-order valence-corrected chi connectivity index (χ0v) is 30.9. The molecule has 0 amide bonds. The highest BCUT2D eigenvalue weighted by Gasteiger charge is 2.50. The predicted octanol–water partition coefficient (Wildman–Crippen LogP) is 6.52. The first-order chi connectivity index (χ1) is 25.4. The number of nitrogens with zero attached hydrogens (tertiary/aromatic N) is 8. The third-order valence-electron chi connectivity index (χ3n) is 9.47. The van der Waals surface area contributed by atoms with E-state index in [0.29, 0.717) is 38.3 Å². The van der Waals surface area contributed by atoms with E-state index in [1.807, 2.05) is 6.92 Å². The van der Waals surface area contributed by atoms with Crippen LogP contribution >= 0.6 is 11.6 Å². The van der Waals surface area contributed by atoms with E-state index in [1.165, 1.54) is 36.7 Å². The summed E-state index contributed by atoms with van der Waals surface area (Å²) >= 11 is 6.36. The highest BCUT2D eigenvalue weighted by molar-refractivity contribution is 7.93. The van der Waals surface area contributed by atoms with Gasteiger partial charge in [-0.1, -0.05) is 18.5 Å². The monoisotopic (exact) mass is 802 g/mol. The summed E-state index contributed by atoms with van der Waals surface area (Å²) in [4.78, 5) is 23.3. The molecule has 0 bridgehead atoms. The van der Waals surface area contributed by atoms with Crippen molar-refractivity contribution < 1.29 is 39.5 Å². The number of hydrogen-bond acceptors (Lipinski definition) is 12. The van der Waals surface area contributed by atoms with E-state index < -0.39 is 33.3 Å². The first-order valence-electron chi connectivity index (χ1n) is 16.9. The molecule has 0 radical (unpaired) electrons. The van der Waals surface area contributed by atoms with Crippen LogP contribution in [0.3, 0.4) is 0 Å². The molecule has 2 aromatic heterocycles. The number of nitrogens with one attached hydrogen (secondary N) is 2. The van der Waals surface area contributed by atoms with Gasteiger partial charge in [0.15, 0.2) is 11.6 Å². The minimum Gasteiger partial charge on any atom is -0.403 e. The summed E-state index contributed by atoms with van der Waals surface area (Å²) in [6, 6.07) is 5.92. The number of ether oxygens (including phenoxy) is 1. The molecule has 4 heterocycles. The Hall–Kier alpha value is -4.40. The highest BCUT2D eigenvalue weighted by atomic mass is 35.5. The normalized spacial score (nSPS) is 16.8. The second-order valence-electron chi connectivity index (χ2n) is 12.9. The van der Waals surface area contributed by atoms with Gasteiger partial charge in [0.25, 0.3) is 0 Å². The minimum atomic E-state index is -5.91. The molecule has 0 aliphatic carbocycles. The number of rotatable bonds is 10. The van der Waals surface area contributed by atoms with E-state index >= 15 is 0 Å². The number of likely N-dealkylation sites (N-methyl/N-ethyl adjacent to an activating group) is 1. The van der Waals surface area contributed by atoms with Crippen molar-refractivity contribution in [1.82, 2.24) is 29.7 Å². The van der Waals surface area contributed by atoms with Gasteiger partial charge < -0.3 is 25.2 Å². The first kappa shape index (κ1) is 39.3. The summed E-state index contributed by atoms with van der Waals surface area (Å²) in [7, 11) is -3.11. The summed E-state index contributed by atoms with van der Waals surface area (Å²) in [6.07, 6.45) is 0.727. The summed E-state index contributed by atoms with van der Waals surface area (Å²) in [5, 5.41) is 5.35. The van der Waals surface area contributed by atoms with E-state index in [-0.39, 0.29) is 43.5 Å². The lowest BCUT2D eigenvalue weighted by Gasteiger charge is -2.43. The molecular formula is C33H37ClF6N10O3S. The van der Waals surface area contributed by atoms with Crippen LogP contribution in [0.15, 0.2) is 42.9 Å². The van der Waals surface area contributed by atoms with Crippen LogP contribution in [0.2, 0.25) is 5.02 Å². The molecule has 0 unspecified atom stereocenters. The molecule has 21 heteroatoms. The SMILES string of the molecule is CCc1cc(Nc2ncc(Cl)c(Nc3ccc4nccnc4c3N(C)S(=O)(=O)C(F)(F)F)n2)c(OC(F)(F)F)cc1N1CCC(N2CCN(C)CC2)CC1. The fourth-order valence-corrected chi connectivity index (χ4v) is 7.51. The van der Waals surface area contributed by atoms with E-state index in [9.17, 15) is 34.8 Å². The van der Waals surface area contributed by atoms with Crippen LogP contribution in [0.5, 0.6) is 5.75 Å². The molecule has 0 spiro atoms. The molecule has 6 rings (SSSR count). The van der Waals surface area contributed by atoms with Crippen molar-refractivity contribution in [2.24, 2.45) is 0 Å². The Morgan fingerprint density at radius 3 is 2.28 bits per heavy atom. The first-order valence-corrected chi connectivity index (χ1v) is 18.7. The van der Waals surface area contributed by atoms with Crippen molar-refractivity contribution in [2.75, 3.05) is 73.2 Å². The van der Waals surface area contributed by atoms with E-state index in [4.69, 9.17) is 11.6 Å². The Morgan fingerprint density at radius 1 is 0.944 bits per heavy atom. The molecule has 2 saturated heterocycles. The number of piperazine rings is 1. The number of aromatic nitrogens is 4. The minimum absolute atomic E-state index is 0.0179. The van der Waals surface area contributed by atoms with Crippen molar-refractivity contribution >= 4 is 67.2 Å². The Bertz CT molecular complexity index is 2090. The number of aryl methyl sites for hydroxylation is 1. The van der Waals surface area contributed by atoms with Crippen molar-refractivity contribution in [2.45, 2.75) is 44.1 Å². The van der Waals surface area contributed by atoms with Crippen LogP contribution in [-0.4, -0.2) is 109 Å². The second-order valence-corrected chi connectivity index (χ2v) is 15.2. The van der Waals surface area contributed by atoms with E-state index in [0.717, 1.165) is 50.8 Å². The fourth-order valence-electron chi connectivity index (χ4n) is 6.64. The third-order valence-corrected chi connectivity index (χ3v) is 11.2. The van der Waals surface area contributed by atoms with E-state index in [1.54, 1.807) is 0 Å². The molecule has 2 aromatic carbocycles. The van der Waals surface area contributed by atoms with Gasteiger partial charge in [-0.05, 0) is 50.1 Å². The lowest BCUT2D eigenvalue weighted by Crippen LogP contribution is -2.52. The number of benzene rings is 2. The van der Waals surface area contributed by atoms with E-state index in [2.05, 4.69) is 57.1 Å². The zero-order valence-electron chi connectivity index (χ0n) is 29.3. The van der Waals surface area contributed by atoms with Gasteiger partial charge in [0.1, 0.15) is 16.2 Å². The summed E-state index contributed by atoms with van der Waals surface area (Å²) in [6.45, 7) is 7.12. The van der Waals surface area contributed by atoms with Crippen LogP contribution in [0.25, 0.3) is 11.0 Å². The highest BCUT2D eigenvalue weighted by Crippen LogP contribution is 2.42. The standard InChI is InChI=1S/C33H37ClF6N10O3S/c1-4-20-17-25(27(53-32(35,36)37)18-26(20)50-11-7-21(8-12-50)49-15-13-47(2)14-16-49)45-31-43-19-22(34)30(46-31)44-24-6-5-23-28(42-10-9-41-23)29(24)48(3)54(51,52)33(38,39)40/h5-6,9-10,17-19,21H,4,7-8,11-16H2,1-3H3,(H2,43,44,45,46). The largest absolute Gasteiger partial charge is 0.573 e. The van der Waals surface area contributed by atoms with Gasteiger partial charge in [0.05, 0.1) is 23.1 Å². The Kier molecular flexibility index (Phi) is 11.2. The molecule has 2 aliphatic rings. The van der Waals surface area contributed by atoms with Gasteiger partial charge in [-0.3, -0.25) is 19.2 Å². The number of fused-ring (bicyclic) bond motifs is 1. The van der Waals surface area contributed by atoms with Gasteiger partial charge >= 0.3 is 21.9 Å². The number of alkyl halides is 6. The average molecular weight is 803 g/mol. The van der Waals surface area contributed by atoms with Crippen LogP contribution in [0.1, 0.15) is 25.3 Å². The molecule has 0 saturated carbocycles. The Morgan fingerprint density at radius 2 is 1.63 bits per heavy atom. The van der Waals surface area contributed by atoms with Crippen molar-refractivity contribution in [3.63, 3.8) is 0 Å². The average Bonchev–Trinajstić information content (AvgIpc) is 3.12. The van der Waals surface area contributed by atoms with Gasteiger partial charge in [0, 0.05) is 76.5 Å². The van der Waals surface area contributed by atoms with Gasteiger partial charge in [-0.15, -0.1) is 13.2 Å². The number of anilines is 6.